The van der Waals surface area contributed by atoms with E-state index in [0.717, 1.165) is 29.4 Å². The predicted molar refractivity (Wildman–Crippen MR) is 99.2 cm³/mol. The van der Waals surface area contributed by atoms with Crippen LogP contribution in [-0.2, 0) is 16.0 Å². The number of carbonyl (C=O) groups is 1. The van der Waals surface area contributed by atoms with E-state index in [1.54, 1.807) is 17.5 Å². The van der Waals surface area contributed by atoms with E-state index in [-0.39, 0.29) is 36.8 Å². The fraction of sp³-hybridized carbons (Fsp3) is 0.400. The number of nitrogens with zero attached hydrogens (tertiary/aromatic N) is 2. The Morgan fingerprint density at radius 1 is 1.38 bits per heavy atom. The monoisotopic (exact) mass is 390 g/mol. The SMILES string of the molecule is Cl.Cl.O=C(NCCc1nc(-c2ccccn2)cs1)C1COCCN1. The van der Waals surface area contributed by atoms with Gasteiger partial charge in [-0.05, 0) is 12.1 Å². The summed E-state index contributed by atoms with van der Waals surface area (Å²) in [4.78, 5) is 20.8. The molecular weight excluding hydrogens is 371 g/mol. The third-order valence-electron chi connectivity index (χ3n) is 3.36. The number of carbonyl (C=O) groups excluding carboxylic acids is 1. The zero-order chi connectivity index (χ0) is 15.2. The Kier molecular flexibility index (Phi) is 9.17. The highest BCUT2D eigenvalue weighted by Crippen LogP contribution is 2.19. The van der Waals surface area contributed by atoms with Gasteiger partial charge in [0.2, 0.25) is 5.91 Å². The maximum absolute atomic E-state index is 11.9. The van der Waals surface area contributed by atoms with Gasteiger partial charge in [0.1, 0.15) is 6.04 Å². The Hall–Kier alpha value is -1.25. The molecule has 1 fully saturated rings. The lowest BCUT2D eigenvalue weighted by atomic mass is 10.2. The molecule has 2 aromatic heterocycles. The van der Waals surface area contributed by atoms with E-state index in [1.165, 1.54) is 0 Å². The maximum Gasteiger partial charge on any atom is 0.239 e. The number of morpholine rings is 1. The second-order valence-corrected chi connectivity index (χ2v) is 5.91. The van der Waals surface area contributed by atoms with E-state index in [2.05, 4.69) is 20.6 Å². The van der Waals surface area contributed by atoms with E-state index < -0.39 is 0 Å². The van der Waals surface area contributed by atoms with E-state index >= 15 is 0 Å². The number of rotatable bonds is 5. The van der Waals surface area contributed by atoms with Crippen LogP contribution >= 0.6 is 36.2 Å². The molecule has 3 heterocycles. The van der Waals surface area contributed by atoms with Crippen molar-refractivity contribution in [2.75, 3.05) is 26.3 Å². The van der Waals surface area contributed by atoms with Gasteiger partial charge in [0.25, 0.3) is 0 Å². The molecule has 132 valence electrons. The average molecular weight is 391 g/mol. The van der Waals surface area contributed by atoms with Crippen LogP contribution in [0.1, 0.15) is 5.01 Å². The largest absolute Gasteiger partial charge is 0.378 e. The zero-order valence-electron chi connectivity index (χ0n) is 12.9. The number of aromatic nitrogens is 2. The Morgan fingerprint density at radius 2 is 2.25 bits per heavy atom. The van der Waals surface area contributed by atoms with Gasteiger partial charge in [-0.25, -0.2) is 4.98 Å². The van der Waals surface area contributed by atoms with Crippen LogP contribution in [0.5, 0.6) is 0 Å². The highest BCUT2D eigenvalue weighted by molar-refractivity contribution is 7.09. The second kappa shape index (κ2) is 10.6. The highest BCUT2D eigenvalue weighted by atomic mass is 35.5. The van der Waals surface area contributed by atoms with Gasteiger partial charge in [-0.3, -0.25) is 9.78 Å². The number of pyridine rings is 1. The van der Waals surface area contributed by atoms with Crippen molar-refractivity contribution in [2.24, 2.45) is 0 Å². The first-order chi connectivity index (χ1) is 10.8. The van der Waals surface area contributed by atoms with E-state index in [1.807, 2.05) is 23.6 Å². The summed E-state index contributed by atoms with van der Waals surface area (Å²) in [5, 5.41) is 9.04. The zero-order valence-corrected chi connectivity index (χ0v) is 15.4. The summed E-state index contributed by atoms with van der Waals surface area (Å²) in [7, 11) is 0. The van der Waals surface area contributed by atoms with Crippen LogP contribution in [-0.4, -0.2) is 48.2 Å². The maximum atomic E-state index is 11.9. The standard InChI is InChI=1S/C15H18N4O2S.2ClH/c20-15(12-9-21-8-7-17-12)18-6-4-14-19-13(10-22-14)11-3-1-2-5-16-11;;/h1-3,5,10,12,17H,4,6-9H2,(H,18,20);2*1H. The van der Waals surface area contributed by atoms with Crippen LogP contribution in [0.25, 0.3) is 11.4 Å². The van der Waals surface area contributed by atoms with Gasteiger partial charge in [-0.2, -0.15) is 0 Å². The molecule has 0 spiro atoms. The topological polar surface area (TPSA) is 76.1 Å². The minimum atomic E-state index is -0.242. The molecular formula is C15H20Cl2N4O2S. The lowest BCUT2D eigenvalue weighted by molar-refractivity contribution is -0.125. The van der Waals surface area contributed by atoms with Crippen molar-refractivity contribution in [3.05, 3.63) is 34.8 Å². The lowest BCUT2D eigenvalue weighted by Gasteiger charge is -2.22. The third kappa shape index (κ3) is 5.68. The minimum absolute atomic E-state index is 0. The fourth-order valence-electron chi connectivity index (χ4n) is 2.21. The van der Waals surface area contributed by atoms with E-state index in [9.17, 15) is 4.79 Å². The normalized spacial score (nSPS) is 16.6. The third-order valence-corrected chi connectivity index (χ3v) is 4.26. The summed E-state index contributed by atoms with van der Waals surface area (Å²) in [6, 6.07) is 5.53. The summed E-state index contributed by atoms with van der Waals surface area (Å²) >= 11 is 1.59. The smallest absolute Gasteiger partial charge is 0.239 e. The van der Waals surface area contributed by atoms with Crippen molar-refractivity contribution in [1.29, 1.82) is 0 Å². The summed E-state index contributed by atoms with van der Waals surface area (Å²) in [6.45, 7) is 2.40. The molecule has 9 heteroatoms. The van der Waals surface area contributed by atoms with Crippen LogP contribution in [0, 0.1) is 0 Å². The second-order valence-electron chi connectivity index (χ2n) is 4.96. The fourth-order valence-corrected chi connectivity index (χ4v) is 3.00. The number of amides is 1. The first-order valence-electron chi connectivity index (χ1n) is 7.27. The number of nitrogens with one attached hydrogen (secondary N) is 2. The molecule has 6 nitrogen and oxygen atoms in total. The van der Waals surface area contributed by atoms with Crippen molar-refractivity contribution < 1.29 is 9.53 Å². The van der Waals surface area contributed by atoms with E-state index in [0.29, 0.717) is 19.8 Å². The number of thiazole rings is 1. The summed E-state index contributed by atoms with van der Waals surface area (Å²) in [6.07, 6.45) is 2.48. The molecule has 3 rings (SSSR count). The van der Waals surface area contributed by atoms with Crippen LogP contribution in [0.2, 0.25) is 0 Å². The van der Waals surface area contributed by atoms with Crippen LogP contribution in [0.3, 0.4) is 0 Å². The molecule has 0 radical (unpaired) electrons. The Labute approximate surface area is 157 Å². The summed E-state index contributed by atoms with van der Waals surface area (Å²) in [5.74, 6) is -0.0128. The summed E-state index contributed by atoms with van der Waals surface area (Å²) in [5.41, 5.74) is 1.76. The Morgan fingerprint density at radius 3 is 2.96 bits per heavy atom. The van der Waals surface area contributed by atoms with Crippen molar-refractivity contribution in [2.45, 2.75) is 12.5 Å². The lowest BCUT2D eigenvalue weighted by Crippen LogP contribution is -2.51. The van der Waals surface area contributed by atoms with Gasteiger partial charge in [-0.1, -0.05) is 6.07 Å². The number of hydrogen-bond donors (Lipinski definition) is 2. The molecule has 24 heavy (non-hydrogen) atoms. The first kappa shape index (κ1) is 20.8. The van der Waals surface area contributed by atoms with Crippen LogP contribution in [0.4, 0.5) is 0 Å². The molecule has 1 saturated heterocycles. The van der Waals surface area contributed by atoms with Crippen molar-refractivity contribution in [1.82, 2.24) is 20.6 Å². The highest BCUT2D eigenvalue weighted by Gasteiger charge is 2.20. The molecule has 1 aliphatic heterocycles. The van der Waals surface area contributed by atoms with Gasteiger partial charge < -0.3 is 15.4 Å². The molecule has 0 bridgehead atoms. The van der Waals surface area contributed by atoms with E-state index in [4.69, 9.17) is 4.74 Å². The van der Waals surface area contributed by atoms with Gasteiger partial charge >= 0.3 is 0 Å². The Balaban J connectivity index is 0.00000144. The molecule has 0 aromatic carbocycles. The molecule has 1 atom stereocenters. The number of hydrogen-bond acceptors (Lipinski definition) is 6. The van der Waals surface area contributed by atoms with Gasteiger partial charge in [0, 0.05) is 31.1 Å². The molecule has 0 aliphatic carbocycles. The molecule has 2 aromatic rings. The molecule has 2 N–H and O–H groups in total. The first-order valence-corrected chi connectivity index (χ1v) is 8.15. The average Bonchev–Trinajstić information content (AvgIpc) is 3.05. The van der Waals surface area contributed by atoms with Gasteiger partial charge in [0.15, 0.2) is 0 Å². The number of halogens is 2. The molecule has 1 aliphatic rings. The molecule has 0 saturated carbocycles. The quantitative estimate of drug-likeness (QED) is 0.812. The molecule has 1 unspecified atom stereocenters. The van der Waals surface area contributed by atoms with Crippen molar-refractivity contribution in [3.8, 4) is 11.4 Å². The minimum Gasteiger partial charge on any atom is -0.378 e. The van der Waals surface area contributed by atoms with Gasteiger partial charge in [-0.15, -0.1) is 36.2 Å². The van der Waals surface area contributed by atoms with Gasteiger partial charge in [0.05, 0.1) is 29.6 Å². The van der Waals surface area contributed by atoms with Crippen molar-refractivity contribution in [3.63, 3.8) is 0 Å². The Bertz CT molecular complexity index is 621. The van der Waals surface area contributed by atoms with Crippen LogP contribution in [0.15, 0.2) is 29.8 Å². The van der Waals surface area contributed by atoms with Crippen molar-refractivity contribution >= 4 is 42.1 Å². The molecule has 1 amide bonds. The summed E-state index contributed by atoms with van der Waals surface area (Å²) < 4.78 is 5.28. The number of ether oxygens (including phenoxy) is 1. The van der Waals surface area contributed by atoms with Crippen LogP contribution < -0.4 is 10.6 Å². The predicted octanol–water partition coefficient (Wildman–Crippen LogP) is 1.70.